The second kappa shape index (κ2) is 8.86. The van der Waals surface area contributed by atoms with Gasteiger partial charge in [-0.25, -0.2) is 19.2 Å². The highest BCUT2D eigenvalue weighted by atomic mass is 19.4. The van der Waals surface area contributed by atoms with Crippen LogP contribution in [0.5, 0.6) is 0 Å². The first kappa shape index (κ1) is 22.4. The molecule has 1 unspecified atom stereocenters. The quantitative estimate of drug-likeness (QED) is 0.739. The van der Waals surface area contributed by atoms with Crippen LogP contribution in [-0.2, 0) is 16.1 Å². The van der Waals surface area contributed by atoms with Gasteiger partial charge in [-0.2, -0.15) is 13.2 Å². The summed E-state index contributed by atoms with van der Waals surface area (Å²) in [7, 11) is 0. The topological polar surface area (TPSA) is 86.6 Å². The van der Waals surface area contributed by atoms with Gasteiger partial charge < -0.3 is 14.9 Å². The molecule has 2 aliphatic heterocycles. The number of likely N-dealkylation sites (tertiary alicyclic amines) is 1. The molecule has 0 saturated carbocycles. The number of carboxylic acid groups (broad SMARTS) is 1. The maximum Gasteiger partial charge on any atom is 0.490 e. The van der Waals surface area contributed by atoms with E-state index in [9.17, 15) is 22.4 Å². The van der Waals surface area contributed by atoms with Gasteiger partial charge in [-0.1, -0.05) is 12.1 Å². The zero-order valence-corrected chi connectivity index (χ0v) is 16.3. The van der Waals surface area contributed by atoms with Crippen molar-refractivity contribution in [1.29, 1.82) is 0 Å². The summed E-state index contributed by atoms with van der Waals surface area (Å²) in [6, 6.07) is 8.25. The first-order valence-corrected chi connectivity index (χ1v) is 9.47. The number of aliphatic carboxylic acids is 1. The van der Waals surface area contributed by atoms with Crippen LogP contribution >= 0.6 is 0 Å². The molecule has 1 N–H and O–H groups in total. The van der Waals surface area contributed by atoms with Gasteiger partial charge in [0.15, 0.2) is 0 Å². The Balaban J connectivity index is 0.000000339. The van der Waals surface area contributed by atoms with Gasteiger partial charge in [0.2, 0.25) is 11.9 Å². The molecule has 166 valence electrons. The fourth-order valence-corrected chi connectivity index (χ4v) is 3.78. The van der Waals surface area contributed by atoms with Crippen molar-refractivity contribution in [2.24, 2.45) is 5.41 Å². The number of amides is 1. The van der Waals surface area contributed by atoms with Gasteiger partial charge in [-0.05, 0) is 36.6 Å². The number of aromatic nitrogens is 2. The summed E-state index contributed by atoms with van der Waals surface area (Å²) >= 11 is 0. The van der Waals surface area contributed by atoms with Crippen molar-refractivity contribution in [2.45, 2.75) is 25.6 Å². The molecule has 1 amide bonds. The normalized spacial score (nSPS) is 20.7. The van der Waals surface area contributed by atoms with Crippen molar-refractivity contribution < 1.29 is 32.3 Å². The lowest BCUT2D eigenvalue weighted by molar-refractivity contribution is -0.192. The van der Waals surface area contributed by atoms with Crippen LogP contribution in [-0.4, -0.2) is 57.7 Å². The third kappa shape index (κ3) is 5.28. The Hall–Kier alpha value is -3.24. The summed E-state index contributed by atoms with van der Waals surface area (Å²) < 4.78 is 45.1. The maximum absolute atomic E-state index is 13.3. The van der Waals surface area contributed by atoms with E-state index in [1.165, 1.54) is 12.1 Å². The molecule has 0 aliphatic carbocycles. The van der Waals surface area contributed by atoms with E-state index in [0.29, 0.717) is 19.0 Å². The molecular weight excluding hydrogens is 420 g/mol. The van der Waals surface area contributed by atoms with Crippen molar-refractivity contribution in [3.8, 4) is 0 Å². The molecule has 7 nitrogen and oxygen atoms in total. The zero-order valence-electron chi connectivity index (χ0n) is 16.3. The standard InChI is InChI=1S/C18H19FN4O.C2HF3O2/c19-15-4-1-3-14(11-15)12-22-9-5-18(16(22)24)6-10-23(13-18)17-20-7-2-8-21-17;3-2(4,5)1(6)7/h1-4,7-8,11H,5-6,9-10,12-13H2;(H,6,7). The van der Waals surface area contributed by atoms with Crippen LogP contribution in [0.1, 0.15) is 18.4 Å². The fraction of sp³-hybridized carbons (Fsp3) is 0.400. The molecule has 1 aromatic heterocycles. The number of carbonyl (C=O) groups is 2. The van der Waals surface area contributed by atoms with E-state index in [1.807, 2.05) is 11.0 Å². The summed E-state index contributed by atoms with van der Waals surface area (Å²) in [6.45, 7) is 2.65. The van der Waals surface area contributed by atoms with Crippen LogP contribution in [0.2, 0.25) is 0 Å². The van der Waals surface area contributed by atoms with E-state index in [2.05, 4.69) is 14.9 Å². The van der Waals surface area contributed by atoms with Gasteiger partial charge in [0, 0.05) is 38.6 Å². The van der Waals surface area contributed by atoms with Gasteiger partial charge in [-0.3, -0.25) is 4.79 Å². The number of anilines is 1. The number of halogens is 4. The molecule has 1 aromatic carbocycles. The number of benzene rings is 1. The van der Waals surface area contributed by atoms with E-state index >= 15 is 0 Å². The number of carboxylic acids is 1. The highest BCUT2D eigenvalue weighted by molar-refractivity contribution is 5.86. The Kier molecular flexibility index (Phi) is 6.42. The van der Waals surface area contributed by atoms with Crippen molar-refractivity contribution in [3.63, 3.8) is 0 Å². The minimum atomic E-state index is -5.08. The molecule has 2 aliphatic rings. The van der Waals surface area contributed by atoms with E-state index in [4.69, 9.17) is 9.90 Å². The molecular formula is C20H20F4N4O3. The van der Waals surface area contributed by atoms with Crippen LogP contribution in [0.15, 0.2) is 42.7 Å². The van der Waals surface area contributed by atoms with Crippen LogP contribution in [0, 0.1) is 11.2 Å². The number of alkyl halides is 3. The average molecular weight is 440 g/mol. The average Bonchev–Trinajstić information content (AvgIpc) is 3.28. The third-order valence-corrected chi connectivity index (χ3v) is 5.29. The first-order valence-electron chi connectivity index (χ1n) is 9.47. The zero-order chi connectivity index (χ0) is 22.6. The largest absolute Gasteiger partial charge is 0.490 e. The Morgan fingerprint density at radius 3 is 2.39 bits per heavy atom. The van der Waals surface area contributed by atoms with Gasteiger partial charge in [0.25, 0.3) is 0 Å². The summed E-state index contributed by atoms with van der Waals surface area (Å²) in [5, 5.41) is 7.12. The second-order valence-electron chi connectivity index (χ2n) is 7.41. The number of rotatable bonds is 3. The molecule has 2 saturated heterocycles. The van der Waals surface area contributed by atoms with Crippen LogP contribution in [0.4, 0.5) is 23.5 Å². The Morgan fingerprint density at radius 1 is 1.13 bits per heavy atom. The van der Waals surface area contributed by atoms with Crippen LogP contribution < -0.4 is 4.90 Å². The number of hydrogen-bond acceptors (Lipinski definition) is 5. The summed E-state index contributed by atoms with van der Waals surface area (Å²) in [6.07, 6.45) is 0.0221. The van der Waals surface area contributed by atoms with Crippen LogP contribution in [0.25, 0.3) is 0 Å². The second-order valence-corrected chi connectivity index (χ2v) is 7.41. The molecule has 2 aromatic rings. The minimum Gasteiger partial charge on any atom is -0.475 e. The maximum atomic E-state index is 13.3. The van der Waals surface area contributed by atoms with Gasteiger partial charge in [0.1, 0.15) is 5.82 Å². The molecule has 4 rings (SSSR count). The molecule has 3 heterocycles. The highest BCUT2D eigenvalue weighted by Gasteiger charge is 2.51. The Bertz CT molecular complexity index is 942. The van der Waals surface area contributed by atoms with Crippen molar-refractivity contribution in [1.82, 2.24) is 14.9 Å². The third-order valence-electron chi connectivity index (χ3n) is 5.29. The monoisotopic (exact) mass is 440 g/mol. The lowest BCUT2D eigenvalue weighted by atomic mass is 9.85. The lowest BCUT2D eigenvalue weighted by Gasteiger charge is -2.23. The molecule has 1 spiro atoms. The number of carbonyl (C=O) groups excluding carboxylic acids is 1. The number of hydrogen-bond donors (Lipinski definition) is 1. The molecule has 1 atom stereocenters. The minimum absolute atomic E-state index is 0.171. The van der Waals surface area contributed by atoms with E-state index in [0.717, 1.165) is 31.5 Å². The number of nitrogens with zero attached hydrogens (tertiary/aromatic N) is 4. The van der Waals surface area contributed by atoms with E-state index < -0.39 is 12.1 Å². The van der Waals surface area contributed by atoms with Gasteiger partial charge in [0.05, 0.1) is 5.41 Å². The predicted molar refractivity (Wildman–Crippen MR) is 101 cm³/mol. The van der Waals surface area contributed by atoms with Crippen LogP contribution in [0.3, 0.4) is 0 Å². The van der Waals surface area contributed by atoms with E-state index in [-0.39, 0.29) is 17.1 Å². The van der Waals surface area contributed by atoms with Gasteiger partial charge >= 0.3 is 12.1 Å². The van der Waals surface area contributed by atoms with Crippen molar-refractivity contribution in [3.05, 3.63) is 54.1 Å². The Labute approximate surface area is 175 Å². The highest BCUT2D eigenvalue weighted by Crippen LogP contribution is 2.41. The fourth-order valence-electron chi connectivity index (χ4n) is 3.78. The van der Waals surface area contributed by atoms with Gasteiger partial charge in [-0.15, -0.1) is 0 Å². The molecule has 0 radical (unpaired) electrons. The molecule has 11 heteroatoms. The SMILES string of the molecule is O=C(O)C(F)(F)F.O=C1N(Cc2cccc(F)c2)CCC12CCN(c1ncccn1)C2. The predicted octanol–water partition coefficient (Wildman–Crippen LogP) is 2.88. The van der Waals surface area contributed by atoms with Crippen molar-refractivity contribution >= 4 is 17.8 Å². The lowest BCUT2D eigenvalue weighted by Crippen LogP contribution is -2.37. The summed E-state index contributed by atoms with van der Waals surface area (Å²) in [4.78, 5) is 34.4. The molecule has 31 heavy (non-hydrogen) atoms. The Morgan fingerprint density at radius 2 is 1.77 bits per heavy atom. The summed E-state index contributed by atoms with van der Waals surface area (Å²) in [5.74, 6) is -2.16. The molecule has 0 bridgehead atoms. The smallest absolute Gasteiger partial charge is 0.475 e. The molecule has 2 fully saturated rings. The van der Waals surface area contributed by atoms with Crippen molar-refractivity contribution in [2.75, 3.05) is 24.5 Å². The first-order chi connectivity index (χ1) is 14.6. The summed E-state index contributed by atoms with van der Waals surface area (Å²) in [5.41, 5.74) is 0.494. The van der Waals surface area contributed by atoms with E-state index in [1.54, 1.807) is 24.5 Å².